The van der Waals surface area contributed by atoms with E-state index >= 15 is 0 Å². The minimum atomic E-state index is -1.91. The van der Waals surface area contributed by atoms with E-state index in [0.717, 1.165) is 0 Å². The van der Waals surface area contributed by atoms with E-state index in [1.54, 1.807) is 20.8 Å². The Bertz CT molecular complexity index is 256. The van der Waals surface area contributed by atoms with Gasteiger partial charge in [0.25, 0.3) is 0 Å². The van der Waals surface area contributed by atoms with Crippen LogP contribution in [-0.4, -0.2) is 65.7 Å². The van der Waals surface area contributed by atoms with Gasteiger partial charge in [-0.15, -0.1) is 0 Å². The van der Waals surface area contributed by atoms with E-state index in [0.29, 0.717) is 0 Å². The summed E-state index contributed by atoms with van der Waals surface area (Å²) in [6.45, 7) is 5.04. The van der Waals surface area contributed by atoms with Gasteiger partial charge in [-0.1, -0.05) is 0 Å². The molecular formula is C10H15NaO6. The van der Waals surface area contributed by atoms with Crippen LogP contribution in [0.5, 0.6) is 0 Å². The Morgan fingerprint density at radius 1 is 0.824 bits per heavy atom. The normalized spacial score (nSPS) is 10.6. The van der Waals surface area contributed by atoms with E-state index in [9.17, 15) is 14.4 Å². The van der Waals surface area contributed by atoms with Crippen molar-refractivity contribution in [3.63, 3.8) is 0 Å². The average molecular weight is 254 g/mol. The Morgan fingerprint density at radius 2 is 1.06 bits per heavy atom. The molecule has 0 N–H and O–H groups in total. The second kappa shape index (κ2) is 7.68. The number of hydrogen-bond acceptors (Lipinski definition) is 6. The molecule has 0 aliphatic rings. The van der Waals surface area contributed by atoms with Crippen LogP contribution in [0.3, 0.4) is 0 Å². The summed E-state index contributed by atoms with van der Waals surface area (Å²) in [6.07, 6.45) is 0. The van der Waals surface area contributed by atoms with Crippen molar-refractivity contribution in [3.05, 3.63) is 0 Å². The second-order valence-electron chi connectivity index (χ2n) is 3.29. The molecule has 0 spiro atoms. The molecule has 92 valence electrons. The van der Waals surface area contributed by atoms with Gasteiger partial charge in [-0.05, 0) is 0 Å². The topological polar surface area (TPSA) is 78.9 Å². The van der Waals surface area contributed by atoms with Crippen LogP contribution in [0.15, 0.2) is 0 Å². The van der Waals surface area contributed by atoms with Crippen molar-refractivity contribution in [2.45, 2.75) is 23.4 Å². The van der Waals surface area contributed by atoms with Crippen molar-refractivity contribution >= 4 is 45.8 Å². The quantitative estimate of drug-likeness (QED) is 0.287. The molecular weight excluding hydrogens is 239 g/mol. The third-order valence-corrected chi connectivity index (χ3v) is 3.28. The van der Waals surface area contributed by atoms with Gasteiger partial charge in [-0.2, -0.15) is 0 Å². The van der Waals surface area contributed by atoms with Crippen LogP contribution in [0.4, 0.5) is 0 Å². The van der Waals surface area contributed by atoms with Crippen LogP contribution in [0.2, 0.25) is 2.66 Å². The summed E-state index contributed by atoms with van der Waals surface area (Å²) >= 11 is -0.0611. The molecule has 0 radical (unpaired) electrons. The molecule has 0 rings (SSSR count). The summed E-state index contributed by atoms with van der Waals surface area (Å²) in [5.74, 6) is -2.70. The molecule has 7 heteroatoms. The second-order valence-corrected chi connectivity index (χ2v) is 4.79. The fourth-order valence-corrected chi connectivity index (χ4v) is 1.51. The fraction of sp³-hybridized carbons (Fsp3) is 0.700. The summed E-state index contributed by atoms with van der Waals surface area (Å²) in [4.78, 5) is 35.1. The SMILES string of the molecule is CCOC(=O)[C]([Na])(C(=O)OCC)C(=O)OCC. The molecule has 0 saturated heterocycles. The third-order valence-electron chi connectivity index (χ3n) is 2.05. The Balaban J connectivity index is 5.12. The van der Waals surface area contributed by atoms with Crippen molar-refractivity contribution < 1.29 is 28.6 Å². The monoisotopic (exact) mass is 254 g/mol. The van der Waals surface area contributed by atoms with Crippen molar-refractivity contribution in [3.8, 4) is 0 Å². The molecule has 17 heavy (non-hydrogen) atoms. The zero-order valence-corrected chi connectivity index (χ0v) is 12.6. The van der Waals surface area contributed by atoms with E-state index in [4.69, 9.17) is 14.2 Å². The van der Waals surface area contributed by atoms with Crippen LogP contribution in [-0.2, 0) is 28.6 Å². The molecule has 6 nitrogen and oxygen atoms in total. The van der Waals surface area contributed by atoms with E-state index in [1.165, 1.54) is 0 Å². The number of rotatable bonds is 6. The Labute approximate surface area is 117 Å². The first kappa shape index (κ1) is 16.4. The number of hydrogen-bond donors (Lipinski definition) is 0. The first-order chi connectivity index (χ1) is 7.94. The molecule has 0 amide bonds. The predicted octanol–water partition coefficient (Wildman–Crippen LogP) is 0.00290. The number of carbonyl (C=O) groups excluding carboxylic acids is 3. The van der Waals surface area contributed by atoms with Crippen molar-refractivity contribution in [1.82, 2.24) is 0 Å². The van der Waals surface area contributed by atoms with Gasteiger partial charge < -0.3 is 0 Å². The van der Waals surface area contributed by atoms with Crippen LogP contribution in [0, 0.1) is 0 Å². The maximum atomic E-state index is 11.7. The third kappa shape index (κ3) is 3.97. The van der Waals surface area contributed by atoms with Crippen LogP contribution >= 0.6 is 0 Å². The molecule has 0 fully saturated rings. The number of carbonyl (C=O) groups is 3. The fourth-order valence-electron chi connectivity index (χ4n) is 1.08. The van der Waals surface area contributed by atoms with Crippen molar-refractivity contribution in [1.29, 1.82) is 0 Å². The predicted molar refractivity (Wildman–Crippen MR) is 58.3 cm³/mol. The van der Waals surface area contributed by atoms with Gasteiger partial charge in [0.1, 0.15) is 0 Å². The Morgan fingerprint density at radius 3 is 1.24 bits per heavy atom. The molecule has 0 saturated carbocycles. The maximum absolute atomic E-state index is 11.7. The van der Waals surface area contributed by atoms with Gasteiger partial charge in [0.2, 0.25) is 0 Å². The number of ether oxygens (including phenoxy) is 3. The molecule has 0 heterocycles. The summed E-state index contributed by atoms with van der Waals surface area (Å²) in [5, 5.41) is 0. The van der Waals surface area contributed by atoms with Crippen LogP contribution in [0.1, 0.15) is 20.8 Å². The summed E-state index contributed by atoms with van der Waals surface area (Å²) in [5.41, 5.74) is 0. The molecule has 0 atom stereocenters. The molecule has 0 aliphatic carbocycles. The zero-order chi connectivity index (χ0) is 13.5. The summed E-state index contributed by atoms with van der Waals surface area (Å²) < 4.78 is 12.3. The van der Waals surface area contributed by atoms with E-state index in [-0.39, 0.29) is 47.8 Å². The van der Waals surface area contributed by atoms with Crippen LogP contribution in [0.25, 0.3) is 0 Å². The van der Waals surface area contributed by atoms with Crippen molar-refractivity contribution in [2.75, 3.05) is 19.8 Å². The van der Waals surface area contributed by atoms with Gasteiger partial charge in [-0.25, -0.2) is 0 Å². The molecule has 0 aromatic carbocycles. The number of esters is 3. The van der Waals surface area contributed by atoms with Gasteiger partial charge in [0.15, 0.2) is 0 Å². The summed E-state index contributed by atoms with van der Waals surface area (Å²) in [7, 11) is 0. The van der Waals surface area contributed by atoms with Crippen molar-refractivity contribution in [2.24, 2.45) is 0 Å². The van der Waals surface area contributed by atoms with Gasteiger partial charge in [0.05, 0.1) is 0 Å². The Kier molecular flexibility index (Phi) is 7.41. The van der Waals surface area contributed by atoms with Gasteiger partial charge in [0, 0.05) is 0 Å². The molecule has 0 bridgehead atoms. The first-order valence-corrected chi connectivity index (χ1v) is 6.46. The molecule has 0 aromatic heterocycles. The van der Waals surface area contributed by atoms with E-state index in [1.807, 2.05) is 0 Å². The average Bonchev–Trinajstić information content (AvgIpc) is 2.28. The van der Waals surface area contributed by atoms with Gasteiger partial charge in [-0.3, -0.25) is 0 Å². The Hall–Kier alpha value is -0.590. The van der Waals surface area contributed by atoms with Crippen LogP contribution < -0.4 is 0 Å². The van der Waals surface area contributed by atoms with Gasteiger partial charge >= 0.3 is 118 Å². The van der Waals surface area contributed by atoms with E-state index in [2.05, 4.69) is 0 Å². The first-order valence-electron chi connectivity index (χ1n) is 5.46. The molecule has 0 aliphatic heterocycles. The minimum absolute atomic E-state index is 0.0611. The van der Waals surface area contributed by atoms with E-state index < -0.39 is 20.6 Å². The molecule has 0 unspecified atom stereocenters. The zero-order valence-electron chi connectivity index (χ0n) is 10.6. The summed E-state index contributed by atoms with van der Waals surface area (Å²) in [6, 6.07) is 0. The standard InChI is InChI=1S/C10H15O6.Na/c1-4-14-8(11)7(9(12)15-5-2)10(13)16-6-3;/h4-6H2,1-3H3;. The molecule has 0 aromatic rings.